The third-order valence-corrected chi connectivity index (χ3v) is 5.80. The molecule has 3 N–H and O–H groups in total. The summed E-state index contributed by atoms with van der Waals surface area (Å²) in [5.74, 6) is -0.312. The SMILES string of the molecule is Nc1ccc(-c2ccncc2)c(Cl)c1Cl.O=C(CCl)Nc1ccc(Br)c(Cl)c1. The number of aromatic nitrogens is 1. The Hall–Kier alpha value is -1.50. The van der Waals surface area contributed by atoms with E-state index in [0.29, 0.717) is 26.4 Å². The molecule has 0 saturated heterocycles. The van der Waals surface area contributed by atoms with Crippen molar-refractivity contribution in [3.63, 3.8) is 0 Å². The maximum absolute atomic E-state index is 10.9. The number of carbonyl (C=O) groups excluding carboxylic acids is 1. The lowest BCUT2D eigenvalue weighted by Crippen LogP contribution is -2.12. The highest BCUT2D eigenvalue weighted by molar-refractivity contribution is 9.10. The molecule has 9 heteroatoms. The molecule has 0 saturated carbocycles. The molecule has 0 aliphatic carbocycles. The van der Waals surface area contributed by atoms with E-state index in [1.165, 1.54) is 0 Å². The average molecular weight is 522 g/mol. The minimum Gasteiger partial charge on any atom is -0.397 e. The van der Waals surface area contributed by atoms with Gasteiger partial charge >= 0.3 is 0 Å². The van der Waals surface area contributed by atoms with E-state index >= 15 is 0 Å². The zero-order valence-corrected chi connectivity index (χ0v) is 18.8. The number of alkyl halides is 1. The number of pyridine rings is 1. The van der Waals surface area contributed by atoms with E-state index in [4.69, 9.17) is 52.1 Å². The van der Waals surface area contributed by atoms with E-state index in [0.717, 1.165) is 15.6 Å². The molecule has 1 amide bonds. The van der Waals surface area contributed by atoms with Gasteiger partial charge < -0.3 is 11.1 Å². The Bertz CT molecular complexity index is 971. The summed E-state index contributed by atoms with van der Waals surface area (Å²) < 4.78 is 0.790. The third-order valence-electron chi connectivity index (χ3n) is 3.43. The Morgan fingerprint density at radius 2 is 1.71 bits per heavy atom. The Balaban J connectivity index is 0.000000203. The maximum Gasteiger partial charge on any atom is 0.239 e. The molecule has 0 atom stereocenters. The largest absolute Gasteiger partial charge is 0.397 e. The molecule has 28 heavy (non-hydrogen) atoms. The molecular formula is C19H14BrCl4N3O. The first kappa shape index (κ1) is 22.8. The van der Waals surface area contributed by atoms with Gasteiger partial charge in [-0.15, -0.1) is 11.6 Å². The van der Waals surface area contributed by atoms with Crippen LogP contribution in [0.2, 0.25) is 15.1 Å². The molecule has 0 spiro atoms. The summed E-state index contributed by atoms with van der Waals surface area (Å²) in [4.78, 5) is 14.8. The van der Waals surface area contributed by atoms with Crippen LogP contribution in [0.25, 0.3) is 11.1 Å². The van der Waals surface area contributed by atoms with Crippen molar-refractivity contribution >= 4 is 79.6 Å². The highest BCUT2D eigenvalue weighted by Gasteiger charge is 2.09. The van der Waals surface area contributed by atoms with Gasteiger partial charge in [0.2, 0.25) is 5.91 Å². The third kappa shape index (κ3) is 6.26. The van der Waals surface area contributed by atoms with Crippen molar-refractivity contribution in [1.82, 2.24) is 4.98 Å². The minimum atomic E-state index is -0.250. The van der Waals surface area contributed by atoms with E-state index in [2.05, 4.69) is 26.2 Å². The highest BCUT2D eigenvalue weighted by Crippen LogP contribution is 2.36. The van der Waals surface area contributed by atoms with Gasteiger partial charge in [0.25, 0.3) is 0 Å². The van der Waals surface area contributed by atoms with Crippen LogP contribution < -0.4 is 11.1 Å². The van der Waals surface area contributed by atoms with Crippen LogP contribution in [-0.4, -0.2) is 16.8 Å². The number of hydrogen-bond acceptors (Lipinski definition) is 3. The summed E-state index contributed by atoms with van der Waals surface area (Å²) in [6.45, 7) is 0. The van der Waals surface area contributed by atoms with Crippen LogP contribution in [0.5, 0.6) is 0 Å². The second kappa shape index (κ2) is 10.9. The molecule has 3 rings (SSSR count). The molecule has 0 fully saturated rings. The molecule has 0 aliphatic rings. The van der Waals surface area contributed by atoms with Gasteiger partial charge in [0, 0.05) is 28.1 Å². The van der Waals surface area contributed by atoms with Crippen molar-refractivity contribution in [2.75, 3.05) is 16.9 Å². The zero-order valence-electron chi connectivity index (χ0n) is 14.2. The number of rotatable bonds is 3. The number of carbonyl (C=O) groups is 1. The van der Waals surface area contributed by atoms with Gasteiger partial charge in [-0.05, 0) is 57.9 Å². The molecular weight excluding hydrogens is 508 g/mol. The van der Waals surface area contributed by atoms with Crippen LogP contribution in [0.4, 0.5) is 11.4 Å². The van der Waals surface area contributed by atoms with E-state index in [-0.39, 0.29) is 11.8 Å². The Morgan fingerprint density at radius 3 is 2.32 bits per heavy atom. The molecule has 2 aromatic carbocycles. The molecule has 1 aromatic heterocycles. The Labute approximate surface area is 191 Å². The summed E-state index contributed by atoms with van der Waals surface area (Å²) in [5, 5.41) is 4.00. The monoisotopic (exact) mass is 519 g/mol. The standard InChI is InChI=1S/C11H8Cl2N2.C8H6BrCl2NO/c12-10-8(1-2-9(14)11(10)13)7-3-5-15-6-4-7;9-6-2-1-5(3-7(6)11)12-8(13)4-10/h1-6H,14H2;1-3H,4H2,(H,12,13). The first-order valence-corrected chi connectivity index (χ1v) is 10.2. The molecule has 1 heterocycles. The van der Waals surface area contributed by atoms with Crippen molar-refractivity contribution in [3.05, 3.63) is 74.4 Å². The second-order valence-corrected chi connectivity index (χ2v) is 7.66. The van der Waals surface area contributed by atoms with Crippen molar-refractivity contribution in [1.29, 1.82) is 0 Å². The van der Waals surface area contributed by atoms with Crippen LogP contribution >= 0.6 is 62.3 Å². The fraction of sp³-hybridized carbons (Fsp3) is 0.0526. The fourth-order valence-electron chi connectivity index (χ4n) is 2.09. The second-order valence-electron chi connectivity index (χ2n) is 5.38. The van der Waals surface area contributed by atoms with Gasteiger partial charge in [-0.2, -0.15) is 0 Å². The van der Waals surface area contributed by atoms with Gasteiger partial charge in [-0.25, -0.2) is 0 Å². The number of nitrogen functional groups attached to an aromatic ring is 1. The number of benzene rings is 2. The van der Waals surface area contributed by atoms with E-state index in [1.807, 2.05) is 18.2 Å². The maximum atomic E-state index is 10.9. The summed E-state index contributed by atoms with van der Waals surface area (Å²) in [6.07, 6.45) is 3.41. The number of nitrogens with two attached hydrogens (primary N) is 1. The van der Waals surface area contributed by atoms with Crippen LogP contribution in [0, 0.1) is 0 Å². The van der Waals surface area contributed by atoms with Crippen molar-refractivity contribution in [2.45, 2.75) is 0 Å². The molecule has 3 aromatic rings. The molecule has 0 unspecified atom stereocenters. The summed E-state index contributed by atoms with van der Waals surface area (Å²) in [5.41, 5.74) is 8.59. The smallest absolute Gasteiger partial charge is 0.239 e. The first-order chi connectivity index (χ1) is 13.3. The Morgan fingerprint density at radius 1 is 1.04 bits per heavy atom. The van der Waals surface area contributed by atoms with Gasteiger partial charge in [-0.1, -0.05) is 40.9 Å². The number of anilines is 2. The van der Waals surface area contributed by atoms with Crippen LogP contribution in [0.15, 0.2) is 59.3 Å². The predicted molar refractivity (Wildman–Crippen MR) is 123 cm³/mol. The van der Waals surface area contributed by atoms with Crippen LogP contribution in [0.3, 0.4) is 0 Å². The van der Waals surface area contributed by atoms with Gasteiger partial charge in [0.1, 0.15) is 5.88 Å². The summed E-state index contributed by atoms with van der Waals surface area (Å²) in [7, 11) is 0. The number of nitrogens with one attached hydrogen (secondary N) is 1. The van der Waals surface area contributed by atoms with Crippen molar-refractivity contribution < 1.29 is 4.79 Å². The molecule has 146 valence electrons. The molecule has 0 aliphatic heterocycles. The van der Waals surface area contributed by atoms with Gasteiger partial charge in [0.15, 0.2) is 0 Å². The first-order valence-electron chi connectivity index (χ1n) is 7.78. The van der Waals surface area contributed by atoms with Crippen LogP contribution in [-0.2, 0) is 4.79 Å². The van der Waals surface area contributed by atoms with E-state index in [9.17, 15) is 4.79 Å². The highest BCUT2D eigenvalue weighted by atomic mass is 79.9. The summed E-state index contributed by atoms with van der Waals surface area (Å²) in [6, 6.07) is 12.5. The fourth-order valence-corrected chi connectivity index (χ4v) is 3.03. The summed E-state index contributed by atoms with van der Waals surface area (Å²) >= 11 is 26.4. The van der Waals surface area contributed by atoms with Gasteiger partial charge in [0.05, 0.1) is 20.8 Å². The van der Waals surface area contributed by atoms with Crippen LogP contribution in [0.1, 0.15) is 0 Å². The molecule has 4 nitrogen and oxygen atoms in total. The van der Waals surface area contributed by atoms with E-state index < -0.39 is 0 Å². The van der Waals surface area contributed by atoms with Gasteiger partial charge in [-0.3, -0.25) is 9.78 Å². The number of nitrogens with zero attached hydrogens (tertiary/aromatic N) is 1. The molecule has 0 bridgehead atoms. The normalized spacial score (nSPS) is 10.0. The lowest BCUT2D eigenvalue weighted by molar-refractivity contribution is -0.113. The van der Waals surface area contributed by atoms with Crippen molar-refractivity contribution in [2.24, 2.45) is 0 Å². The zero-order chi connectivity index (χ0) is 20.7. The average Bonchev–Trinajstić information content (AvgIpc) is 2.70. The Kier molecular flexibility index (Phi) is 8.86. The minimum absolute atomic E-state index is 0.0618. The lowest BCUT2D eigenvalue weighted by Gasteiger charge is -2.07. The predicted octanol–water partition coefficient (Wildman–Crippen LogP) is 6.92. The number of amides is 1. The van der Waals surface area contributed by atoms with E-state index in [1.54, 1.807) is 36.7 Å². The quantitative estimate of drug-likeness (QED) is 0.290. The van der Waals surface area contributed by atoms with Crippen molar-refractivity contribution in [3.8, 4) is 11.1 Å². The molecule has 0 radical (unpaired) electrons. The topological polar surface area (TPSA) is 68.0 Å². The number of halogens is 5. The lowest BCUT2D eigenvalue weighted by atomic mass is 10.1. The number of hydrogen-bond donors (Lipinski definition) is 2.